The van der Waals surface area contributed by atoms with Crippen molar-refractivity contribution in [1.29, 1.82) is 0 Å². The maximum Gasteiger partial charge on any atom is 1.00 e. The summed E-state index contributed by atoms with van der Waals surface area (Å²) in [6.45, 7) is 16.8. The number of benzene rings is 4. The normalized spacial score (nSPS) is 31.3. The molecule has 12 aliphatic rings. The van der Waals surface area contributed by atoms with Gasteiger partial charge in [0.2, 0.25) is 0 Å². The van der Waals surface area contributed by atoms with Crippen LogP contribution in [0.2, 0.25) is 0 Å². The number of ketones is 4. The number of fused-ring (bicyclic) bond motifs is 18. The Kier molecular flexibility index (Phi) is 25.4. The van der Waals surface area contributed by atoms with Crippen LogP contribution < -0.4 is 78.0 Å². The minimum atomic E-state index is -0.133. The van der Waals surface area contributed by atoms with Gasteiger partial charge in [0, 0.05) is 47.3 Å². The van der Waals surface area contributed by atoms with E-state index in [2.05, 4.69) is 70.7 Å². The molecule has 6 saturated carbocycles. The van der Waals surface area contributed by atoms with Crippen molar-refractivity contribution < 1.29 is 126 Å². The number of allylic oxidation sites excluding steroid dienone is 4. The fourth-order valence-electron chi connectivity index (χ4n) is 20.3. The number of rotatable bonds is 8. The Morgan fingerprint density at radius 3 is 1.28 bits per heavy atom. The van der Waals surface area contributed by atoms with Gasteiger partial charge in [-0.3, -0.25) is 29.3 Å². The van der Waals surface area contributed by atoms with E-state index in [9.17, 15) is 39.9 Å². The number of carbonyl (C=O) groups excluding carboxylic acids is 4. The smallest absolute Gasteiger partial charge is 0.691 e. The molecule has 496 valence electrons. The van der Waals surface area contributed by atoms with E-state index < -0.39 is 0 Å². The van der Waals surface area contributed by atoms with Crippen LogP contribution in [-0.4, -0.2) is 33.3 Å². The van der Waals surface area contributed by atoms with E-state index in [4.69, 9.17) is 8.37 Å². The molecule has 12 unspecified atom stereocenters. The summed E-state index contributed by atoms with van der Waals surface area (Å²) < 4.78 is 18.8. The molecule has 0 radical (unpaired) electrons. The van der Waals surface area contributed by atoms with E-state index in [0.717, 1.165) is 148 Å². The molecular weight excluding hydrogens is 1250 g/mol. The van der Waals surface area contributed by atoms with Crippen molar-refractivity contribution in [3.8, 4) is 23.0 Å². The summed E-state index contributed by atoms with van der Waals surface area (Å²) in [6, 6.07) is 23.7. The summed E-state index contributed by atoms with van der Waals surface area (Å²) in [6.07, 6.45) is 24.0. The third kappa shape index (κ3) is 14.3. The third-order valence-corrected chi connectivity index (χ3v) is 25.6. The fraction of sp³-hybridized carbons (Fsp3) is 0.579. The maximum absolute atomic E-state index is 12.4. The number of phenolic OH excluding ortho intramolecular Hbond substituents is 2. The van der Waals surface area contributed by atoms with Crippen LogP contribution >= 0.6 is 24.6 Å². The number of aryl methyl sites for hydroxylation is 4. The zero-order chi connectivity index (χ0) is 65.3. The predicted octanol–water partition coefficient (Wildman–Crippen LogP) is 10.4. The van der Waals surface area contributed by atoms with Crippen molar-refractivity contribution in [3.05, 3.63) is 128 Å². The Morgan fingerprint density at radius 1 is 0.415 bits per heavy atom. The Hall–Kier alpha value is -3.30. The van der Waals surface area contributed by atoms with Crippen molar-refractivity contribution in [2.24, 2.45) is 57.2 Å². The molecule has 2 N–H and O–H groups in total. The van der Waals surface area contributed by atoms with Crippen molar-refractivity contribution in [2.75, 3.05) is 0 Å². The number of carbonyl (C=O) groups is 4. The number of phenols is 2. The number of hydrogen-bond donors (Lipinski definition) is 2. The summed E-state index contributed by atoms with van der Waals surface area (Å²) in [4.78, 5) is 49.2. The van der Waals surface area contributed by atoms with Crippen LogP contribution in [0.5, 0.6) is 23.0 Å². The van der Waals surface area contributed by atoms with Gasteiger partial charge in [0.1, 0.15) is 46.1 Å². The Morgan fingerprint density at radius 2 is 0.798 bits per heavy atom. The average molecular weight is 1340 g/mol. The van der Waals surface area contributed by atoms with Gasteiger partial charge >= 0.3 is 59.1 Å². The van der Waals surface area contributed by atoms with Gasteiger partial charge in [-0.05, 0) is 280 Å². The van der Waals surface area contributed by atoms with Crippen LogP contribution in [-0.2, 0) is 63.6 Å². The van der Waals surface area contributed by atoms with Gasteiger partial charge in [-0.15, -0.1) is 8.67 Å². The van der Waals surface area contributed by atoms with Crippen LogP contribution in [0.4, 0.5) is 0 Å². The molecule has 4 aromatic carbocycles. The van der Waals surface area contributed by atoms with Gasteiger partial charge in [0.15, 0.2) is 0 Å². The molecule has 0 heterocycles. The first-order valence-electron chi connectivity index (χ1n) is 34.5. The van der Waals surface area contributed by atoms with Crippen LogP contribution in [0.3, 0.4) is 0 Å². The first-order chi connectivity index (χ1) is 44.4. The van der Waals surface area contributed by atoms with Crippen LogP contribution in [0.1, 0.15) is 240 Å². The van der Waals surface area contributed by atoms with Crippen molar-refractivity contribution in [2.45, 2.75) is 221 Å². The minimum absolute atomic E-state index is 0. The first kappa shape index (κ1) is 74.9. The van der Waals surface area contributed by atoms with E-state index in [0.29, 0.717) is 118 Å². The number of aromatic hydroxyl groups is 2. The predicted molar refractivity (Wildman–Crippen MR) is 352 cm³/mol. The molecule has 0 spiro atoms. The minimum Gasteiger partial charge on any atom is -0.691 e. The second-order valence-electron chi connectivity index (χ2n) is 28.5. The largest absolute Gasteiger partial charge is 1.00 e. The Balaban J connectivity index is 0.000000144. The van der Waals surface area contributed by atoms with E-state index in [1.165, 1.54) is 67.6 Å². The summed E-state index contributed by atoms with van der Waals surface area (Å²) in [5, 5.41) is 45.4. The van der Waals surface area contributed by atoms with Crippen molar-refractivity contribution >= 4 is 58.9 Å². The second-order valence-corrected chi connectivity index (χ2v) is 29.4. The molecule has 0 aliphatic heterocycles. The summed E-state index contributed by atoms with van der Waals surface area (Å²) in [5.74, 6) is 8.49. The topological polar surface area (TPSA) is 210 Å². The average Bonchev–Trinajstić information content (AvgIpc) is 1.47. The van der Waals surface area contributed by atoms with Crippen molar-refractivity contribution in [1.82, 2.24) is 0 Å². The van der Waals surface area contributed by atoms with Crippen LogP contribution in [0.15, 0.2) is 83.9 Å². The molecule has 6 fully saturated rings. The van der Waals surface area contributed by atoms with Crippen LogP contribution in [0.25, 0.3) is 11.1 Å². The molecule has 0 amide bonds. The van der Waals surface area contributed by atoms with Gasteiger partial charge in [0.05, 0.1) is 0 Å². The standard InChI is InChI=1S/C18H22O5S.C18H20O5S.C18H22O2.C18H20O2.2C2H6.2Na/c2*1-18-9-8-14-13-5-3-12(21-24-23-22-20)10-11(13)2-4-15(14)16(18)6-7-17(18)19;2*1-18-9-8-14-13-5-3-12(19)10-11(13)2-4-15(14)16(18)6-7-17(18)20;2*1-2;;/h3,5,10,14-16,20H,2,4,6-9H2,1H3;3,5,10,16,20H,2,4,6-9H2,1H3;3,5,10,14-16,19H,2,4,6-9H2,1H3;3,5,10,16,19H,2,4,6-9H2,1H3;2*1-2H3;;/q;;;;;;2*+1/p-2. The summed E-state index contributed by atoms with van der Waals surface area (Å²) in [7, 11) is 0. The van der Waals surface area contributed by atoms with E-state index in [1.807, 2.05) is 70.2 Å². The van der Waals surface area contributed by atoms with Crippen molar-refractivity contribution in [3.63, 3.8) is 0 Å². The Bertz CT molecular complexity index is 3500. The fourth-order valence-corrected chi connectivity index (χ4v) is 20.7. The quantitative estimate of drug-likeness (QED) is 0.0552. The third-order valence-electron chi connectivity index (χ3n) is 24.9. The molecule has 4 aromatic rings. The molecule has 94 heavy (non-hydrogen) atoms. The number of hydrogen-bond acceptors (Lipinski definition) is 16. The molecule has 14 nitrogen and oxygen atoms in total. The molecule has 0 bridgehead atoms. The number of Topliss-reactive ketones (excluding diaryl/α,β-unsaturated/α-hetero) is 4. The van der Waals surface area contributed by atoms with Gasteiger partial charge < -0.3 is 29.1 Å². The zero-order valence-electron chi connectivity index (χ0n) is 57.1. The molecule has 12 atom stereocenters. The second kappa shape index (κ2) is 31.9. The maximum atomic E-state index is 12.4. The van der Waals surface area contributed by atoms with E-state index in [-0.39, 0.29) is 80.8 Å². The first-order valence-corrected chi connectivity index (χ1v) is 35.9. The SMILES string of the molecule is CC.CC.CC12CCC3=C(CCc4cc(O)ccc43)C1CCC2=O.CC12CCC3=C(CCc4cc(OSOO[O-])ccc43)C1CCC2=O.CC12CCC3c4ccc(O)cc4CCC3C1CCC2=O.CC12CCC3c4ccc(OSOO[O-])cc4CCC3C1CCC2=O.[Na+].[Na+]. The van der Waals surface area contributed by atoms with Gasteiger partial charge in [-0.1, -0.05) is 90.8 Å². The van der Waals surface area contributed by atoms with Gasteiger partial charge in [-0.2, -0.15) is 0 Å². The van der Waals surface area contributed by atoms with E-state index >= 15 is 0 Å². The van der Waals surface area contributed by atoms with Gasteiger partial charge in [-0.25, -0.2) is 0 Å². The molecule has 16 rings (SSSR count). The van der Waals surface area contributed by atoms with Crippen LogP contribution in [0, 0.1) is 57.2 Å². The molecular formula is C76H94Na2O14S2. The molecule has 0 saturated heterocycles. The molecule has 12 aliphatic carbocycles. The van der Waals surface area contributed by atoms with Gasteiger partial charge in [0.25, 0.3) is 24.6 Å². The molecule has 0 aromatic heterocycles. The zero-order valence-corrected chi connectivity index (χ0v) is 62.8. The summed E-state index contributed by atoms with van der Waals surface area (Å²) in [5.41, 5.74) is 16.3. The summed E-state index contributed by atoms with van der Waals surface area (Å²) >= 11 is 1.03. The Labute approximate surface area is 609 Å². The van der Waals surface area contributed by atoms with E-state index in [1.54, 1.807) is 11.6 Å². The molecule has 18 heteroatoms. The monoisotopic (exact) mass is 1340 g/mol.